The van der Waals surface area contributed by atoms with E-state index in [0.29, 0.717) is 12.4 Å². The lowest BCUT2D eigenvalue weighted by Crippen LogP contribution is -2.34. The van der Waals surface area contributed by atoms with Crippen molar-refractivity contribution >= 4 is 17.2 Å². The van der Waals surface area contributed by atoms with Crippen LogP contribution in [0.2, 0.25) is 0 Å². The molecule has 0 radical (unpaired) electrons. The lowest BCUT2D eigenvalue weighted by atomic mass is 10.1. The van der Waals surface area contributed by atoms with E-state index < -0.39 is 0 Å². The SMILES string of the molecule is Cc1ccc(CC(C)N2Cc3ccc(F)cc3C2=N)s1. The highest BCUT2D eigenvalue weighted by molar-refractivity contribution is 7.11. The predicted octanol–water partition coefficient (Wildman–Crippen LogP) is 3.97. The fraction of sp³-hybridized carbons (Fsp3) is 0.312. The van der Waals surface area contributed by atoms with E-state index in [0.717, 1.165) is 17.5 Å². The molecule has 1 unspecified atom stereocenters. The van der Waals surface area contributed by atoms with Crippen LogP contribution in [0, 0.1) is 18.2 Å². The largest absolute Gasteiger partial charge is 0.349 e. The van der Waals surface area contributed by atoms with Crippen molar-refractivity contribution in [2.24, 2.45) is 0 Å². The van der Waals surface area contributed by atoms with E-state index in [-0.39, 0.29) is 11.9 Å². The zero-order valence-corrected chi connectivity index (χ0v) is 12.4. The molecule has 2 aromatic rings. The Morgan fingerprint density at radius 3 is 2.85 bits per heavy atom. The van der Waals surface area contributed by atoms with Gasteiger partial charge in [-0.15, -0.1) is 11.3 Å². The van der Waals surface area contributed by atoms with Gasteiger partial charge in [-0.2, -0.15) is 0 Å². The number of nitrogens with one attached hydrogen (secondary N) is 1. The highest BCUT2D eigenvalue weighted by Crippen LogP contribution is 2.27. The van der Waals surface area contributed by atoms with Gasteiger partial charge < -0.3 is 4.90 Å². The first-order valence-corrected chi connectivity index (χ1v) is 7.55. The summed E-state index contributed by atoms with van der Waals surface area (Å²) >= 11 is 1.81. The maximum atomic E-state index is 13.3. The van der Waals surface area contributed by atoms with Gasteiger partial charge in [0.05, 0.1) is 0 Å². The standard InChI is InChI=1S/C16H17FN2S/c1-10(7-14-6-3-11(2)20-14)19-9-12-4-5-13(17)8-15(12)16(19)18/h3-6,8,10,18H,7,9H2,1-2H3. The Morgan fingerprint density at radius 1 is 1.35 bits per heavy atom. The molecule has 0 spiro atoms. The molecule has 4 heteroatoms. The number of rotatable bonds is 3. The van der Waals surface area contributed by atoms with Crippen LogP contribution in [-0.2, 0) is 13.0 Å². The summed E-state index contributed by atoms with van der Waals surface area (Å²) in [6, 6.07) is 9.27. The maximum absolute atomic E-state index is 13.3. The third-order valence-corrected chi connectivity index (χ3v) is 4.80. The molecule has 0 aliphatic carbocycles. The molecule has 0 saturated heterocycles. The molecule has 0 amide bonds. The van der Waals surface area contributed by atoms with E-state index in [1.54, 1.807) is 17.4 Å². The zero-order valence-electron chi connectivity index (χ0n) is 11.6. The minimum atomic E-state index is -0.267. The van der Waals surface area contributed by atoms with Crippen LogP contribution >= 0.6 is 11.3 Å². The minimum absolute atomic E-state index is 0.246. The van der Waals surface area contributed by atoms with Crippen molar-refractivity contribution in [3.63, 3.8) is 0 Å². The van der Waals surface area contributed by atoms with E-state index in [9.17, 15) is 4.39 Å². The van der Waals surface area contributed by atoms with E-state index in [1.165, 1.54) is 21.9 Å². The summed E-state index contributed by atoms with van der Waals surface area (Å²) < 4.78 is 13.3. The monoisotopic (exact) mass is 288 g/mol. The topological polar surface area (TPSA) is 27.1 Å². The number of fused-ring (bicyclic) bond motifs is 1. The number of hydrogen-bond acceptors (Lipinski definition) is 2. The maximum Gasteiger partial charge on any atom is 0.129 e. The summed E-state index contributed by atoms with van der Waals surface area (Å²) in [7, 11) is 0. The van der Waals surface area contributed by atoms with E-state index in [2.05, 4.69) is 30.9 Å². The zero-order chi connectivity index (χ0) is 14.3. The Balaban J connectivity index is 1.78. The first-order valence-electron chi connectivity index (χ1n) is 6.74. The van der Waals surface area contributed by atoms with Gasteiger partial charge in [-0.3, -0.25) is 5.41 Å². The van der Waals surface area contributed by atoms with Crippen molar-refractivity contribution < 1.29 is 4.39 Å². The van der Waals surface area contributed by atoms with Gasteiger partial charge in [0, 0.05) is 34.3 Å². The molecule has 1 aromatic carbocycles. The fourth-order valence-electron chi connectivity index (χ4n) is 2.70. The molecule has 1 N–H and O–H groups in total. The lowest BCUT2D eigenvalue weighted by molar-refractivity contribution is 0.333. The van der Waals surface area contributed by atoms with Gasteiger partial charge in [-0.1, -0.05) is 6.07 Å². The summed E-state index contributed by atoms with van der Waals surface area (Å²) in [6.45, 7) is 4.95. The molecule has 2 nitrogen and oxygen atoms in total. The van der Waals surface area contributed by atoms with Crippen LogP contribution in [0.4, 0.5) is 4.39 Å². The van der Waals surface area contributed by atoms with Crippen LogP contribution in [0.5, 0.6) is 0 Å². The highest BCUT2D eigenvalue weighted by Gasteiger charge is 2.28. The van der Waals surface area contributed by atoms with E-state index in [4.69, 9.17) is 5.41 Å². The average molecular weight is 288 g/mol. The number of amidine groups is 1. The van der Waals surface area contributed by atoms with Crippen molar-refractivity contribution in [2.45, 2.75) is 32.9 Å². The average Bonchev–Trinajstić information content (AvgIpc) is 2.94. The number of thiophene rings is 1. The van der Waals surface area contributed by atoms with Crippen molar-refractivity contribution in [3.05, 3.63) is 57.0 Å². The molecule has 1 aromatic heterocycles. The molecule has 1 atom stereocenters. The quantitative estimate of drug-likeness (QED) is 0.909. The molecule has 20 heavy (non-hydrogen) atoms. The molecule has 104 valence electrons. The molecule has 0 bridgehead atoms. The smallest absolute Gasteiger partial charge is 0.129 e. The van der Waals surface area contributed by atoms with Gasteiger partial charge >= 0.3 is 0 Å². The number of halogens is 1. The van der Waals surface area contributed by atoms with Crippen LogP contribution in [0.3, 0.4) is 0 Å². The van der Waals surface area contributed by atoms with E-state index >= 15 is 0 Å². The van der Waals surface area contributed by atoms with Crippen molar-refractivity contribution in [1.29, 1.82) is 5.41 Å². The molecular formula is C16H17FN2S. The normalized spacial score (nSPS) is 15.6. The third-order valence-electron chi connectivity index (χ3n) is 3.78. The molecular weight excluding hydrogens is 271 g/mol. The summed E-state index contributed by atoms with van der Waals surface area (Å²) in [5.74, 6) is 0.178. The van der Waals surface area contributed by atoms with Gasteiger partial charge in [0.15, 0.2) is 0 Å². The van der Waals surface area contributed by atoms with Gasteiger partial charge in [-0.25, -0.2) is 4.39 Å². The van der Waals surface area contributed by atoms with Gasteiger partial charge in [-0.05, 0) is 43.7 Å². The van der Waals surface area contributed by atoms with Gasteiger partial charge in [0.25, 0.3) is 0 Å². The van der Waals surface area contributed by atoms with E-state index in [1.807, 2.05) is 0 Å². The second-order valence-corrected chi connectivity index (χ2v) is 6.72. The number of hydrogen-bond donors (Lipinski definition) is 1. The predicted molar refractivity (Wildman–Crippen MR) is 81.0 cm³/mol. The second kappa shape index (κ2) is 5.02. The first-order chi connectivity index (χ1) is 9.54. The van der Waals surface area contributed by atoms with Gasteiger partial charge in [0.2, 0.25) is 0 Å². The molecule has 1 aliphatic rings. The molecule has 3 rings (SSSR count). The molecule has 0 saturated carbocycles. The molecule has 0 fully saturated rings. The van der Waals surface area contributed by atoms with Crippen LogP contribution in [0.15, 0.2) is 30.3 Å². The van der Waals surface area contributed by atoms with Crippen LogP contribution in [0.1, 0.15) is 27.8 Å². The summed E-state index contributed by atoms with van der Waals surface area (Å²) in [5, 5.41) is 8.25. The number of benzene rings is 1. The second-order valence-electron chi connectivity index (χ2n) is 5.34. The lowest BCUT2D eigenvalue weighted by Gasteiger charge is -2.25. The van der Waals surface area contributed by atoms with Gasteiger partial charge in [0.1, 0.15) is 11.7 Å². The minimum Gasteiger partial charge on any atom is -0.349 e. The van der Waals surface area contributed by atoms with Crippen LogP contribution in [0.25, 0.3) is 0 Å². The molecule has 2 heterocycles. The Hall–Kier alpha value is -1.68. The summed E-state index contributed by atoms with van der Waals surface area (Å²) in [5.41, 5.74) is 1.78. The van der Waals surface area contributed by atoms with Crippen LogP contribution in [-0.4, -0.2) is 16.8 Å². The Labute approximate surface area is 122 Å². The number of nitrogens with zero attached hydrogens (tertiary/aromatic N) is 1. The molecule has 1 aliphatic heterocycles. The summed E-state index contributed by atoms with van der Waals surface area (Å²) in [6.07, 6.45) is 0.928. The Bertz CT molecular complexity index is 662. The first kappa shape index (κ1) is 13.3. The van der Waals surface area contributed by atoms with Crippen molar-refractivity contribution in [2.75, 3.05) is 0 Å². The Kier molecular flexibility index (Phi) is 3.34. The van der Waals surface area contributed by atoms with Crippen LogP contribution < -0.4 is 0 Å². The van der Waals surface area contributed by atoms with Crippen molar-refractivity contribution in [3.8, 4) is 0 Å². The fourth-order valence-corrected chi connectivity index (χ4v) is 3.71. The number of aryl methyl sites for hydroxylation is 1. The third kappa shape index (κ3) is 2.36. The summed E-state index contributed by atoms with van der Waals surface area (Å²) in [4.78, 5) is 4.71. The van der Waals surface area contributed by atoms with Crippen molar-refractivity contribution in [1.82, 2.24) is 4.90 Å². The Morgan fingerprint density at radius 2 is 2.15 bits per heavy atom. The highest BCUT2D eigenvalue weighted by atomic mass is 32.1.